The molecule has 1 aliphatic heterocycles. The second-order valence-corrected chi connectivity index (χ2v) is 8.20. The summed E-state index contributed by atoms with van der Waals surface area (Å²) in [6, 6.07) is 17.1. The minimum atomic E-state index is 0.0564. The van der Waals surface area contributed by atoms with Crippen LogP contribution in [-0.2, 0) is 4.79 Å². The van der Waals surface area contributed by atoms with Gasteiger partial charge in [0.25, 0.3) is 5.22 Å². The third-order valence-electron chi connectivity index (χ3n) is 5.27. The molecule has 164 valence electrons. The van der Waals surface area contributed by atoms with E-state index in [-0.39, 0.29) is 11.7 Å². The predicted octanol–water partition coefficient (Wildman–Crippen LogP) is 3.45. The highest BCUT2D eigenvalue weighted by Crippen LogP contribution is 2.25. The van der Waals surface area contributed by atoms with Crippen LogP contribution in [0.5, 0.6) is 5.75 Å². The van der Waals surface area contributed by atoms with E-state index in [4.69, 9.17) is 14.4 Å². The first kappa shape index (κ1) is 21.7. The first-order valence-corrected chi connectivity index (χ1v) is 11.3. The molecule has 1 aliphatic rings. The van der Waals surface area contributed by atoms with Gasteiger partial charge in [-0.1, -0.05) is 11.8 Å². The molecule has 0 aliphatic carbocycles. The molecule has 0 bridgehead atoms. The number of carbonyl (C=O) groups excluding carboxylic acids is 1. The SMILES string of the molecule is COc1ccc(-c2nnc(SCC(=O)N3CCCN(c4ccc(C#N)cc4)CC3)o2)cc1. The zero-order valence-electron chi connectivity index (χ0n) is 17.7. The van der Waals surface area contributed by atoms with E-state index in [0.717, 1.165) is 36.5 Å². The molecule has 4 rings (SSSR count). The Balaban J connectivity index is 1.29. The lowest BCUT2D eigenvalue weighted by Gasteiger charge is -2.23. The van der Waals surface area contributed by atoms with E-state index >= 15 is 0 Å². The van der Waals surface area contributed by atoms with Gasteiger partial charge in [-0.2, -0.15) is 5.26 Å². The minimum Gasteiger partial charge on any atom is -0.497 e. The second-order valence-electron chi connectivity index (χ2n) is 7.27. The van der Waals surface area contributed by atoms with Crippen molar-refractivity contribution >= 4 is 23.4 Å². The molecule has 32 heavy (non-hydrogen) atoms. The Labute approximate surface area is 190 Å². The summed E-state index contributed by atoms with van der Waals surface area (Å²) < 4.78 is 10.9. The van der Waals surface area contributed by atoms with Gasteiger partial charge in [0.1, 0.15) is 5.75 Å². The summed E-state index contributed by atoms with van der Waals surface area (Å²) in [5.74, 6) is 1.47. The molecule has 2 heterocycles. The molecule has 0 unspecified atom stereocenters. The Morgan fingerprint density at radius 1 is 1.09 bits per heavy atom. The molecule has 8 nitrogen and oxygen atoms in total. The van der Waals surface area contributed by atoms with Crippen LogP contribution in [0.4, 0.5) is 5.69 Å². The zero-order chi connectivity index (χ0) is 22.3. The van der Waals surface area contributed by atoms with Crippen molar-refractivity contribution in [2.45, 2.75) is 11.6 Å². The predicted molar refractivity (Wildman–Crippen MR) is 122 cm³/mol. The lowest BCUT2D eigenvalue weighted by molar-refractivity contribution is -0.128. The van der Waals surface area contributed by atoms with Gasteiger partial charge in [0.05, 0.1) is 24.5 Å². The summed E-state index contributed by atoms with van der Waals surface area (Å²) in [5, 5.41) is 17.5. The van der Waals surface area contributed by atoms with Crippen molar-refractivity contribution in [2.75, 3.05) is 43.9 Å². The molecule has 0 atom stereocenters. The van der Waals surface area contributed by atoms with Crippen molar-refractivity contribution in [3.63, 3.8) is 0 Å². The standard InChI is InChI=1S/C23H23N5O3S/c1-30-20-9-5-18(6-10-20)22-25-26-23(31-22)32-16-21(29)28-12-2-11-27(13-14-28)19-7-3-17(15-24)4-8-19/h3-10H,2,11-14,16H2,1H3. The largest absolute Gasteiger partial charge is 0.497 e. The molecule has 9 heteroatoms. The molecule has 0 N–H and O–H groups in total. The first-order valence-electron chi connectivity index (χ1n) is 10.3. The summed E-state index contributed by atoms with van der Waals surface area (Å²) >= 11 is 1.25. The van der Waals surface area contributed by atoms with Crippen molar-refractivity contribution in [2.24, 2.45) is 0 Å². The number of hydrogen-bond acceptors (Lipinski definition) is 8. The van der Waals surface area contributed by atoms with Gasteiger partial charge in [0.2, 0.25) is 11.8 Å². The number of aromatic nitrogens is 2. The van der Waals surface area contributed by atoms with E-state index in [1.54, 1.807) is 7.11 Å². The molecule has 1 saturated heterocycles. The van der Waals surface area contributed by atoms with E-state index in [1.807, 2.05) is 53.4 Å². The normalized spacial score (nSPS) is 14.0. The number of amides is 1. The molecular formula is C23H23N5O3S. The number of methoxy groups -OCH3 is 1. The monoisotopic (exact) mass is 449 g/mol. The maximum Gasteiger partial charge on any atom is 0.277 e. The van der Waals surface area contributed by atoms with Crippen molar-refractivity contribution < 1.29 is 13.9 Å². The number of ether oxygens (including phenoxy) is 1. The van der Waals surface area contributed by atoms with Gasteiger partial charge >= 0.3 is 0 Å². The van der Waals surface area contributed by atoms with Crippen LogP contribution in [0, 0.1) is 11.3 Å². The number of carbonyl (C=O) groups is 1. The van der Waals surface area contributed by atoms with Gasteiger partial charge in [0, 0.05) is 37.4 Å². The molecule has 0 saturated carbocycles. The van der Waals surface area contributed by atoms with Gasteiger partial charge in [0.15, 0.2) is 0 Å². The molecule has 1 aromatic heterocycles. The van der Waals surface area contributed by atoms with E-state index in [1.165, 1.54) is 11.8 Å². The van der Waals surface area contributed by atoms with Gasteiger partial charge < -0.3 is 19.0 Å². The van der Waals surface area contributed by atoms with E-state index < -0.39 is 0 Å². The summed E-state index contributed by atoms with van der Waals surface area (Å²) in [6.45, 7) is 3.00. The van der Waals surface area contributed by atoms with Crippen molar-refractivity contribution in [1.82, 2.24) is 15.1 Å². The van der Waals surface area contributed by atoms with Gasteiger partial charge in [-0.25, -0.2) is 0 Å². The summed E-state index contributed by atoms with van der Waals surface area (Å²) in [4.78, 5) is 16.9. The summed E-state index contributed by atoms with van der Waals surface area (Å²) in [5.41, 5.74) is 2.52. The fraction of sp³-hybridized carbons (Fsp3) is 0.304. The van der Waals surface area contributed by atoms with Crippen molar-refractivity contribution in [3.05, 3.63) is 54.1 Å². The third kappa shape index (κ3) is 5.21. The van der Waals surface area contributed by atoms with Crippen molar-refractivity contribution in [3.8, 4) is 23.3 Å². The highest BCUT2D eigenvalue weighted by molar-refractivity contribution is 7.99. The van der Waals surface area contributed by atoms with Crippen LogP contribution in [0.2, 0.25) is 0 Å². The maximum atomic E-state index is 12.7. The molecule has 0 spiro atoms. The maximum absolute atomic E-state index is 12.7. The van der Waals surface area contributed by atoms with Crippen LogP contribution in [0.3, 0.4) is 0 Å². The van der Waals surface area contributed by atoms with Gasteiger partial charge in [-0.3, -0.25) is 4.79 Å². The number of anilines is 1. The second kappa shape index (κ2) is 10.2. The Kier molecular flexibility index (Phi) is 6.92. The minimum absolute atomic E-state index is 0.0564. The fourth-order valence-corrected chi connectivity index (χ4v) is 4.17. The van der Waals surface area contributed by atoms with Crippen LogP contribution >= 0.6 is 11.8 Å². The number of benzene rings is 2. The zero-order valence-corrected chi connectivity index (χ0v) is 18.5. The average molecular weight is 450 g/mol. The van der Waals surface area contributed by atoms with Crippen LogP contribution in [0.1, 0.15) is 12.0 Å². The number of nitrogens with zero attached hydrogens (tertiary/aromatic N) is 5. The average Bonchev–Trinajstić information content (AvgIpc) is 3.18. The lowest BCUT2D eigenvalue weighted by atomic mass is 10.2. The first-order chi connectivity index (χ1) is 15.7. The number of rotatable bonds is 6. The molecule has 1 fully saturated rings. The summed E-state index contributed by atoms with van der Waals surface area (Å²) in [7, 11) is 1.61. The molecule has 3 aromatic rings. The number of hydrogen-bond donors (Lipinski definition) is 0. The van der Waals surface area contributed by atoms with Gasteiger partial charge in [-0.05, 0) is 55.0 Å². The number of nitriles is 1. The van der Waals surface area contributed by atoms with Crippen LogP contribution in [-0.4, -0.2) is 60.0 Å². The van der Waals surface area contributed by atoms with Gasteiger partial charge in [-0.15, -0.1) is 10.2 Å². The Morgan fingerprint density at radius 3 is 2.59 bits per heavy atom. The highest BCUT2D eigenvalue weighted by atomic mass is 32.2. The molecule has 0 radical (unpaired) electrons. The summed E-state index contributed by atoms with van der Waals surface area (Å²) in [6.07, 6.45) is 0.887. The topological polar surface area (TPSA) is 95.5 Å². The van der Waals surface area contributed by atoms with E-state index in [2.05, 4.69) is 21.2 Å². The Morgan fingerprint density at radius 2 is 1.88 bits per heavy atom. The lowest BCUT2D eigenvalue weighted by Crippen LogP contribution is -2.36. The third-order valence-corrected chi connectivity index (χ3v) is 6.08. The number of thioether (sulfide) groups is 1. The van der Waals surface area contributed by atoms with Crippen molar-refractivity contribution in [1.29, 1.82) is 5.26 Å². The van der Waals surface area contributed by atoms with Crippen LogP contribution in [0.15, 0.2) is 58.2 Å². The smallest absolute Gasteiger partial charge is 0.277 e. The Bertz CT molecular complexity index is 1090. The van der Waals surface area contributed by atoms with E-state index in [9.17, 15) is 4.79 Å². The Hall–Kier alpha value is -3.51. The fourth-order valence-electron chi connectivity index (χ4n) is 3.50. The molecule has 1 amide bonds. The van der Waals surface area contributed by atoms with E-state index in [0.29, 0.717) is 29.8 Å². The molecular weight excluding hydrogens is 426 g/mol. The quantitative estimate of drug-likeness (QED) is 0.528. The van der Waals surface area contributed by atoms with Crippen LogP contribution in [0.25, 0.3) is 11.5 Å². The van der Waals surface area contributed by atoms with Crippen LogP contribution < -0.4 is 9.64 Å². The molecule has 2 aromatic carbocycles. The highest BCUT2D eigenvalue weighted by Gasteiger charge is 2.20.